The lowest BCUT2D eigenvalue weighted by molar-refractivity contribution is -0.161. The Morgan fingerprint density at radius 1 is 0.280 bits per heavy atom. The van der Waals surface area contributed by atoms with Gasteiger partial charge in [0.1, 0.15) is 19.3 Å². The molecule has 3 N–H and O–H groups in total. The Labute approximate surface area is 613 Å². The van der Waals surface area contributed by atoms with Gasteiger partial charge < -0.3 is 33.8 Å². The highest BCUT2D eigenvalue weighted by atomic mass is 31.2. The number of phosphoric ester groups is 2. The number of aliphatic hydroxyl groups is 1. The van der Waals surface area contributed by atoms with Crippen LogP contribution < -0.4 is 0 Å². The monoisotopic (exact) mass is 1470 g/mol. The van der Waals surface area contributed by atoms with Gasteiger partial charge in [-0.1, -0.05) is 364 Å². The van der Waals surface area contributed by atoms with Crippen molar-refractivity contribution in [2.24, 2.45) is 23.7 Å². The number of phosphoric acid groups is 2. The lowest BCUT2D eigenvalue weighted by Crippen LogP contribution is -2.30. The quantitative estimate of drug-likeness (QED) is 0.0222. The maximum atomic E-state index is 13.1. The van der Waals surface area contributed by atoms with Crippen LogP contribution in [0, 0.1) is 23.7 Å². The van der Waals surface area contributed by atoms with Crippen LogP contribution in [0.15, 0.2) is 0 Å². The fourth-order valence-electron chi connectivity index (χ4n) is 12.4. The molecular formula is C81H158O17P2. The van der Waals surface area contributed by atoms with Crippen LogP contribution in [-0.2, 0) is 65.4 Å². The molecule has 6 atom stereocenters. The van der Waals surface area contributed by atoms with Crippen LogP contribution in [0.1, 0.15) is 415 Å². The van der Waals surface area contributed by atoms with Crippen LogP contribution in [0.4, 0.5) is 0 Å². The zero-order chi connectivity index (χ0) is 73.8. The summed E-state index contributed by atoms with van der Waals surface area (Å²) in [5.74, 6) is 1.03. The van der Waals surface area contributed by atoms with Gasteiger partial charge in [-0.25, -0.2) is 9.13 Å². The third-order valence-corrected chi connectivity index (χ3v) is 21.1. The topological polar surface area (TPSA) is 237 Å². The van der Waals surface area contributed by atoms with Crippen molar-refractivity contribution < 1.29 is 80.2 Å². The van der Waals surface area contributed by atoms with E-state index in [2.05, 4.69) is 55.4 Å². The Kier molecular flexibility index (Phi) is 68.7. The van der Waals surface area contributed by atoms with Gasteiger partial charge in [-0.3, -0.25) is 37.3 Å². The zero-order valence-corrected chi connectivity index (χ0v) is 67.6. The number of hydrogen-bond donors (Lipinski definition) is 3. The van der Waals surface area contributed by atoms with Crippen LogP contribution in [0.5, 0.6) is 0 Å². The van der Waals surface area contributed by atoms with Crippen molar-refractivity contribution in [2.75, 3.05) is 39.6 Å². The van der Waals surface area contributed by atoms with Gasteiger partial charge in [0.05, 0.1) is 26.4 Å². The van der Waals surface area contributed by atoms with Gasteiger partial charge in [-0.15, -0.1) is 0 Å². The van der Waals surface area contributed by atoms with Crippen molar-refractivity contribution >= 4 is 39.5 Å². The van der Waals surface area contributed by atoms with Gasteiger partial charge >= 0.3 is 39.5 Å². The smallest absolute Gasteiger partial charge is 0.462 e. The summed E-state index contributed by atoms with van der Waals surface area (Å²) >= 11 is 0. The summed E-state index contributed by atoms with van der Waals surface area (Å²) < 4.78 is 68.8. The van der Waals surface area contributed by atoms with Crippen molar-refractivity contribution in [1.29, 1.82) is 0 Å². The molecule has 0 aliphatic heterocycles. The molecule has 0 aliphatic rings. The first-order valence-corrected chi connectivity index (χ1v) is 44.7. The van der Waals surface area contributed by atoms with Crippen LogP contribution >= 0.6 is 15.6 Å². The average molecular weight is 1470 g/mol. The first-order chi connectivity index (χ1) is 48.1. The Balaban J connectivity index is 5.28. The van der Waals surface area contributed by atoms with E-state index in [1.807, 2.05) is 0 Å². The molecule has 0 amide bonds. The predicted molar refractivity (Wildman–Crippen MR) is 409 cm³/mol. The van der Waals surface area contributed by atoms with E-state index in [9.17, 15) is 43.2 Å². The van der Waals surface area contributed by atoms with E-state index >= 15 is 0 Å². The molecule has 0 aromatic rings. The maximum absolute atomic E-state index is 13.1. The second-order valence-electron chi connectivity index (χ2n) is 30.8. The van der Waals surface area contributed by atoms with Crippen LogP contribution in [0.3, 0.4) is 0 Å². The molecule has 17 nitrogen and oxygen atoms in total. The number of ether oxygens (including phenoxy) is 4. The molecule has 0 aromatic heterocycles. The summed E-state index contributed by atoms with van der Waals surface area (Å²) in [6.07, 6.45) is 56.7. The summed E-state index contributed by atoms with van der Waals surface area (Å²) in [6, 6.07) is 0. The maximum Gasteiger partial charge on any atom is 0.472 e. The minimum Gasteiger partial charge on any atom is -0.462 e. The van der Waals surface area contributed by atoms with E-state index in [4.69, 9.17) is 37.0 Å². The minimum absolute atomic E-state index is 0.106. The van der Waals surface area contributed by atoms with Gasteiger partial charge in [0.25, 0.3) is 0 Å². The minimum atomic E-state index is -4.96. The van der Waals surface area contributed by atoms with Crippen molar-refractivity contribution in [2.45, 2.75) is 433 Å². The molecule has 0 aliphatic carbocycles. The number of hydrogen-bond acceptors (Lipinski definition) is 15. The third-order valence-electron chi connectivity index (χ3n) is 19.2. The Morgan fingerprint density at radius 2 is 0.480 bits per heavy atom. The fraction of sp³-hybridized carbons (Fsp3) is 0.951. The standard InChI is InChI=1S/C81H158O17P2/c1-9-74(8)60-52-44-36-28-22-24-32-40-48-56-64-81(86)98-77(68-92-79(84)62-54-46-38-30-23-21-27-35-43-51-59-73(6)7)70-96-100(89,90)94-66-75(82)65-93-99(87,88)95-69-76(67-91-78(83)61-53-45-37-29-19-16-15-18-26-34-42-50-58-72(4)5)97-80(85)63-55-47-39-31-20-14-12-10-11-13-17-25-33-41-49-57-71(2)3/h71-77,82H,9-70H2,1-8H3,(H,87,88)(H,89,90)/t74?,75-,76-,77-/m1/s1. The highest BCUT2D eigenvalue weighted by Crippen LogP contribution is 2.45. The van der Waals surface area contributed by atoms with Crippen molar-refractivity contribution in [3.05, 3.63) is 0 Å². The number of unbranched alkanes of at least 4 members (excludes halogenated alkanes) is 43. The molecule has 594 valence electrons. The summed E-state index contributed by atoms with van der Waals surface area (Å²) in [4.78, 5) is 73.1. The number of carbonyl (C=O) groups excluding carboxylic acids is 4. The highest BCUT2D eigenvalue weighted by Gasteiger charge is 2.30. The molecule has 0 fully saturated rings. The first kappa shape index (κ1) is 98.1. The number of rotatable bonds is 78. The molecule has 100 heavy (non-hydrogen) atoms. The fourth-order valence-corrected chi connectivity index (χ4v) is 14.0. The van der Waals surface area contributed by atoms with Crippen molar-refractivity contribution in [3.63, 3.8) is 0 Å². The van der Waals surface area contributed by atoms with E-state index in [0.717, 1.165) is 114 Å². The predicted octanol–water partition coefficient (Wildman–Crippen LogP) is 24.0. The molecular weight excluding hydrogens is 1310 g/mol. The lowest BCUT2D eigenvalue weighted by atomic mass is 9.99. The molecule has 0 saturated carbocycles. The molecule has 0 spiro atoms. The molecule has 0 rings (SSSR count). The Bertz CT molecular complexity index is 1960. The number of carbonyl (C=O) groups is 4. The highest BCUT2D eigenvalue weighted by molar-refractivity contribution is 7.47. The summed E-state index contributed by atoms with van der Waals surface area (Å²) in [5.41, 5.74) is 0. The first-order valence-electron chi connectivity index (χ1n) is 41.7. The molecule has 0 bridgehead atoms. The van der Waals surface area contributed by atoms with Crippen molar-refractivity contribution in [3.8, 4) is 0 Å². The molecule has 0 radical (unpaired) electrons. The van der Waals surface area contributed by atoms with Gasteiger partial charge in [-0.05, 0) is 49.4 Å². The second-order valence-corrected chi connectivity index (χ2v) is 33.7. The molecule has 3 unspecified atom stereocenters. The van der Waals surface area contributed by atoms with Gasteiger partial charge in [0, 0.05) is 25.7 Å². The molecule has 0 heterocycles. The normalized spacial score (nSPS) is 14.3. The van der Waals surface area contributed by atoms with Crippen LogP contribution in [-0.4, -0.2) is 96.7 Å². The third kappa shape index (κ3) is 73.0. The van der Waals surface area contributed by atoms with E-state index < -0.39 is 97.5 Å². The Hall–Kier alpha value is -1.94. The second kappa shape index (κ2) is 70.1. The average Bonchev–Trinajstić information content (AvgIpc) is 0.915. The molecule has 0 aromatic carbocycles. The number of aliphatic hydroxyl groups excluding tert-OH is 1. The SMILES string of the molecule is CCC(C)CCCCCCCCCCCCC(=O)O[C@H](COC(=O)CCCCCCCCCCCCC(C)C)COP(=O)(O)OC[C@H](O)COP(=O)(O)OC[C@@H](COC(=O)CCCCCCCCCCCCCCC(C)C)OC(=O)CCCCCCCCCCCCCCCCCC(C)C. The Morgan fingerprint density at radius 3 is 0.710 bits per heavy atom. The van der Waals surface area contributed by atoms with Gasteiger partial charge in [0.2, 0.25) is 0 Å². The summed E-state index contributed by atoms with van der Waals surface area (Å²) in [6.45, 7) is 14.3. The largest absolute Gasteiger partial charge is 0.472 e. The zero-order valence-electron chi connectivity index (χ0n) is 65.8. The van der Waals surface area contributed by atoms with Crippen LogP contribution in [0.2, 0.25) is 0 Å². The molecule has 19 heteroatoms. The van der Waals surface area contributed by atoms with E-state index in [0.29, 0.717) is 25.7 Å². The summed E-state index contributed by atoms with van der Waals surface area (Å²) in [5, 5.41) is 10.6. The van der Waals surface area contributed by atoms with Gasteiger partial charge in [-0.2, -0.15) is 0 Å². The van der Waals surface area contributed by atoms with E-state index in [1.54, 1.807) is 0 Å². The number of esters is 4. The van der Waals surface area contributed by atoms with Gasteiger partial charge in [0.15, 0.2) is 12.2 Å². The summed E-state index contributed by atoms with van der Waals surface area (Å²) in [7, 11) is -9.92. The van der Waals surface area contributed by atoms with Crippen molar-refractivity contribution in [1.82, 2.24) is 0 Å². The van der Waals surface area contributed by atoms with E-state index in [1.165, 1.54) is 218 Å². The van der Waals surface area contributed by atoms with E-state index in [-0.39, 0.29) is 25.7 Å². The molecule has 0 saturated heterocycles. The van der Waals surface area contributed by atoms with Crippen LogP contribution in [0.25, 0.3) is 0 Å². The lowest BCUT2D eigenvalue weighted by Gasteiger charge is -2.21.